The number of alkyl halides is 3. The Morgan fingerprint density at radius 1 is 1.39 bits per heavy atom. The maximum absolute atomic E-state index is 13.0. The fourth-order valence-corrected chi connectivity index (χ4v) is 3.06. The molecule has 1 rings (SSSR count). The van der Waals surface area contributed by atoms with E-state index in [0.717, 1.165) is 17.7 Å². The summed E-state index contributed by atoms with van der Waals surface area (Å²) in [6.45, 7) is 6.56. The van der Waals surface area contributed by atoms with E-state index in [1.807, 2.05) is 13.8 Å². The predicted octanol–water partition coefficient (Wildman–Crippen LogP) is 4.09. The molecule has 1 aromatic heterocycles. The van der Waals surface area contributed by atoms with Crippen LogP contribution in [0.1, 0.15) is 44.4 Å². The van der Waals surface area contributed by atoms with Gasteiger partial charge in [0.25, 0.3) is 5.56 Å². The lowest BCUT2D eigenvalue weighted by Gasteiger charge is -2.22. The molecule has 130 valence electrons. The second kappa shape index (κ2) is 7.51. The summed E-state index contributed by atoms with van der Waals surface area (Å²) in [6.07, 6.45) is -3.35. The zero-order valence-electron chi connectivity index (χ0n) is 13.3. The van der Waals surface area contributed by atoms with Crippen molar-refractivity contribution in [2.45, 2.75) is 46.3 Å². The summed E-state index contributed by atoms with van der Waals surface area (Å²) >= 11 is 2.86. The number of carbonyl (C=O) groups is 1. The summed E-state index contributed by atoms with van der Waals surface area (Å²) in [7, 11) is 0. The summed E-state index contributed by atoms with van der Waals surface area (Å²) in [5, 5.41) is 0. The number of rotatable bonds is 5. The van der Waals surface area contributed by atoms with Crippen molar-refractivity contribution in [3.63, 3.8) is 0 Å². The second-order valence-electron chi connectivity index (χ2n) is 5.58. The summed E-state index contributed by atoms with van der Waals surface area (Å²) < 4.78 is 44.8. The van der Waals surface area contributed by atoms with E-state index in [2.05, 4.69) is 15.9 Å². The third kappa shape index (κ3) is 4.59. The van der Waals surface area contributed by atoms with Gasteiger partial charge in [-0.1, -0.05) is 13.8 Å². The minimum absolute atomic E-state index is 0.0534. The lowest BCUT2D eigenvalue weighted by atomic mass is 10.0. The number of hydrogen-bond acceptors (Lipinski definition) is 3. The van der Waals surface area contributed by atoms with Crippen molar-refractivity contribution < 1.29 is 22.7 Å². The molecule has 4 nitrogen and oxygen atoms in total. The standard InChI is InChI=1S/C15H19BrF3NO3/c1-5-23-14(22)11(6-8(2)3)20-7-10(16)12(15(17,18)19)9(4)13(20)21/h7-8,11H,5-6H2,1-4H3. The van der Waals surface area contributed by atoms with Gasteiger partial charge in [-0.2, -0.15) is 13.2 Å². The molecule has 0 amide bonds. The highest BCUT2D eigenvalue weighted by atomic mass is 79.9. The first-order valence-electron chi connectivity index (χ1n) is 7.15. The molecule has 23 heavy (non-hydrogen) atoms. The van der Waals surface area contributed by atoms with Crippen molar-refractivity contribution >= 4 is 21.9 Å². The van der Waals surface area contributed by atoms with Crippen LogP contribution in [0.3, 0.4) is 0 Å². The fraction of sp³-hybridized carbons (Fsp3) is 0.600. The van der Waals surface area contributed by atoms with Gasteiger partial charge in [-0.15, -0.1) is 0 Å². The molecule has 0 N–H and O–H groups in total. The van der Waals surface area contributed by atoms with Gasteiger partial charge in [0, 0.05) is 16.2 Å². The Balaban J connectivity index is 3.50. The van der Waals surface area contributed by atoms with E-state index in [4.69, 9.17) is 4.74 Å². The van der Waals surface area contributed by atoms with Crippen LogP contribution in [0.5, 0.6) is 0 Å². The van der Waals surface area contributed by atoms with Crippen molar-refractivity contribution in [1.82, 2.24) is 4.57 Å². The monoisotopic (exact) mass is 397 g/mol. The molecular formula is C15H19BrF3NO3. The third-order valence-corrected chi connectivity index (χ3v) is 3.90. The Hall–Kier alpha value is -1.31. The van der Waals surface area contributed by atoms with Gasteiger partial charge in [-0.05, 0) is 42.1 Å². The van der Waals surface area contributed by atoms with Crippen LogP contribution < -0.4 is 5.56 Å². The van der Waals surface area contributed by atoms with Gasteiger partial charge in [0.1, 0.15) is 6.04 Å². The molecule has 0 aromatic carbocycles. The molecule has 0 spiro atoms. The Morgan fingerprint density at radius 3 is 2.39 bits per heavy atom. The number of nitrogens with zero attached hydrogens (tertiary/aromatic N) is 1. The van der Waals surface area contributed by atoms with E-state index in [9.17, 15) is 22.8 Å². The van der Waals surface area contributed by atoms with Crippen molar-refractivity contribution in [2.75, 3.05) is 6.61 Å². The lowest BCUT2D eigenvalue weighted by Crippen LogP contribution is -2.34. The highest BCUT2D eigenvalue weighted by Crippen LogP contribution is 2.36. The molecule has 1 aromatic rings. The van der Waals surface area contributed by atoms with Gasteiger partial charge >= 0.3 is 12.1 Å². The van der Waals surface area contributed by atoms with E-state index in [0.29, 0.717) is 0 Å². The topological polar surface area (TPSA) is 48.3 Å². The predicted molar refractivity (Wildman–Crippen MR) is 83.3 cm³/mol. The van der Waals surface area contributed by atoms with Crippen LogP contribution in [0.25, 0.3) is 0 Å². The minimum atomic E-state index is -4.65. The average molecular weight is 398 g/mol. The van der Waals surface area contributed by atoms with E-state index in [-0.39, 0.29) is 23.4 Å². The molecule has 0 fully saturated rings. The van der Waals surface area contributed by atoms with Gasteiger partial charge in [-0.25, -0.2) is 4.79 Å². The summed E-state index contributed by atoms with van der Waals surface area (Å²) in [5.41, 5.74) is -2.32. The SMILES string of the molecule is CCOC(=O)C(CC(C)C)n1cc(Br)c(C(F)(F)F)c(C)c1=O. The number of aromatic nitrogens is 1. The maximum atomic E-state index is 13.0. The van der Waals surface area contributed by atoms with Gasteiger partial charge in [0.15, 0.2) is 0 Å². The van der Waals surface area contributed by atoms with E-state index in [1.165, 1.54) is 0 Å². The average Bonchev–Trinajstić information content (AvgIpc) is 2.39. The third-order valence-electron chi connectivity index (χ3n) is 3.29. The van der Waals surface area contributed by atoms with Crippen molar-refractivity contribution in [2.24, 2.45) is 5.92 Å². The molecule has 0 bridgehead atoms. The second-order valence-corrected chi connectivity index (χ2v) is 6.44. The van der Waals surface area contributed by atoms with E-state index in [1.54, 1.807) is 6.92 Å². The summed E-state index contributed by atoms with van der Waals surface area (Å²) in [4.78, 5) is 24.5. The van der Waals surface area contributed by atoms with E-state index >= 15 is 0 Å². The number of hydrogen-bond donors (Lipinski definition) is 0. The molecule has 1 heterocycles. The quantitative estimate of drug-likeness (QED) is 0.703. The van der Waals surface area contributed by atoms with E-state index < -0.39 is 34.9 Å². The first-order chi connectivity index (χ1) is 10.5. The lowest BCUT2D eigenvalue weighted by molar-refractivity contribution is -0.147. The largest absolute Gasteiger partial charge is 0.464 e. The fourth-order valence-electron chi connectivity index (χ4n) is 2.31. The van der Waals surface area contributed by atoms with Crippen LogP contribution in [0.15, 0.2) is 15.5 Å². The van der Waals surface area contributed by atoms with Crippen LogP contribution in [-0.2, 0) is 15.7 Å². The highest BCUT2D eigenvalue weighted by molar-refractivity contribution is 9.10. The molecule has 1 atom stereocenters. The van der Waals surface area contributed by atoms with Crippen LogP contribution in [-0.4, -0.2) is 17.1 Å². The number of esters is 1. The Labute approximate surface area is 140 Å². The van der Waals surface area contributed by atoms with Gasteiger partial charge in [0.2, 0.25) is 0 Å². The number of carbonyl (C=O) groups excluding carboxylic acids is 1. The normalized spacial score (nSPS) is 13.3. The zero-order valence-corrected chi connectivity index (χ0v) is 14.9. The molecule has 1 unspecified atom stereocenters. The number of pyridine rings is 1. The number of ether oxygens (including phenoxy) is 1. The smallest absolute Gasteiger partial charge is 0.418 e. The molecule has 0 saturated carbocycles. The molecule has 0 aliphatic rings. The first-order valence-corrected chi connectivity index (χ1v) is 7.95. The van der Waals surface area contributed by atoms with Crippen molar-refractivity contribution in [3.05, 3.63) is 32.2 Å². The van der Waals surface area contributed by atoms with Crippen LogP contribution in [0.4, 0.5) is 13.2 Å². The zero-order chi connectivity index (χ0) is 17.9. The molecule has 0 saturated heterocycles. The minimum Gasteiger partial charge on any atom is -0.464 e. The molecule has 0 aliphatic heterocycles. The number of halogens is 4. The summed E-state index contributed by atoms with van der Waals surface area (Å²) in [6, 6.07) is -0.959. The molecular weight excluding hydrogens is 379 g/mol. The van der Waals surface area contributed by atoms with Gasteiger partial charge in [0.05, 0.1) is 12.2 Å². The Morgan fingerprint density at radius 2 is 1.96 bits per heavy atom. The molecule has 8 heteroatoms. The van der Waals surface area contributed by atoms with Crippen LogP contribution in [0.2, 0.25) is 0 Å². The highest BCUT2D eigenvalue weighted by Gasteiger charge is 2.37. The van der Waals surface area contributed by atoms with Crippen LogP contribution >= 0.6 is 15.9 Å². The van der Waals surface area contributed by atoms with Crippen molar-refractivity contribution in [1.29, 1.82) is 0 Å². The van der Waals surface area contributed by atoms with Crippen molar-refractivity contribution in [3.8, 4) is 0 Å². The maximum Gasteiger partial charge on any atom is 0.418 e. The molecule has 0 aliphatic carbocycles. The molecule has 0 radical (unpaired) electrons. The first kappa shape index (κ1) is 19.7. The summed E-state index contributed by atoms with van der Waals surface area (Å²) in [5.74, 6) is -0.577. The van der Waals surface area contributed by atoms with Gasteiger partial charge in [-0.3, -0.25) is 9.36 Å². The van der Waals surface area contributed by atoms with Gasteiger partial charge < -0.3 is 4.74 Å². The van der Waals surface area contributed by atoms with Crippen LogP contribution in [0, 0.1) is 12.8 Å². The Bertz CT molecular complexity index is 638. The Kier molecular flexibility index (Phi) is 6.44.